The minimum absolute atomic E-state index is 0.115. The lowest BCUT2D eigenvalue weighted by Crippen LogP contribution is -2.43. The SMILES string of the molecule is CN(Cc1ccc(-c2ccc(Br)cc2)o1)C(C)(C)CO. The number of aliphatic hydroxyl groups is 1. The Kier molecular flexibility index (Phi) is 4.68. The molecule has 1 aromatic heterocycles. The van der Waals surface area contributed by atoms with Gasteiger partial charge in [-0.05, 0) is 45.2 Å². The first-order chi connectivity index (χ1) is 9.42. The molecular formula is C16H20BrNO2. The fourth-order valence-corrected chi connectivity index (χ4v) is 2.07. The lowest BCUT2D eigenvalue weighted by molar-refractivity contribution is 0.0684. The van der Waals surface area contributed by atoms with E-state index in [1.54, 1.807) is 0 Å². The van der Waals surface area contributed by atoms with E-state index in [9.17, 15) is 5.11 Å². The highest BCUT2D eigenvalue weighted by Crippen LogP contribution is 2.25. The number of benzene rings is 1. The Bertz CT molecular complexity index is 560. The Morgan fingerprint density at radius 1 is 1.15 bits per heavy atom. The predicted molar refractivity (Wildman–Crippen MR) is 84.5 cm³/mol. The molecule has 1 heterocycles. The standard InChI is InChI=1S/C16H20BrNO2/c1-16(2,11-19)18(3)10-14-8-9-15(20-14)12-4-6-13(17)7-5-12/h4-9,19H,10-11H2,1-3H3. The second-order valence-electron chi connectivity index (χ2n) is 5.60. The van der Waals surface area contributed by atoms with E-state index in [1.807, 2.05) is 57.3 Å². The Balaban J connectivity index is 2.11. The molecule has 0 atom stereocenters. The van der Waals surface area contributed by atoms with Gasteiger partial charge in [0.1, 0.15) is 11.5 Å². The molecule has 3 nitrogen and oxygen atoms in total. The summed E-state index contributed by atoms with van der Waals surface area (Å²) in [6, 6.07) is 12.0. The number of halogens is 1. The third kappa shape index (κ3) is 3.51. The number of likely N-dealkylation sites (N-methyl/N-ethyl adjacent to an activating group) is 1. The molecule has 0 amide bonds. The second-order valence-corrected chi connectivity index (χ2v) is 6.52. The van der Waals surface area contributed by atoms with Gasteiger partial charge in [0.05, 0.1) is 13.2 Å². The average Bonchev–Trinajstić information content (AvgIpc) is 2.88. The topological polar surface area (TPSA) is 36.6 Å². The van der Waals surface area contributed by atoms with Crippen molar-refractivity contribution in [3.63, 3.8) is 0 Å². The Labute approximate surface area is 128 Å². The van der Waals surface area contributed by atoms with Gasteiger partial charge < -0.3 is 9.52 Å². The molecule has 0 saturated carbocycles. The lowest BCUT2D eigenvalue weighted by atomic mass is 10.1. The summed E-state index contributed by atoms with van der Waals surface area (Å²) in [5, 5.41) is 9.37. The molecule has 2 aromatic rings. The van der Waals surface area contributed by atoms with Crippen molar-refractivity contribution in [1.29, 1.82) is 0 Å². The quantitative estimate of drug-likeness (QED) is 0.898. The number of hydrogen-bond donors (Lipinski definition) is 1. The van der Waals surface area contributed by atoms with E-state index in [-0.39, 0.29) is 12.1 Å². The van der Waals surface area contributed by atoms with E-state index in [0.29, 0.717) is 6.54 Å². The van der Waals surface area contributed by atoms with Gasteiger partial charge in [0.2, 0.25) is 0 Å². The van der Waals surface area contributed by atoms with E-state index < -0.39 is 0 Å². The molecule has 1 aromatic carbocycles. The molecule has 1 N–H and O–H groups in total. The van der Waals surface area contributed by atoms with Crippen molar-refractivity contribution in [2.24, 2.45) is 0 Å². The summed E-state index contributed by atoms with van der Waals surface area (Å²) in [5.41, 5.74) is 0.799. The molecule has 0 spiro atoms. The zero-order valence-corrected chi connectivity index (χ0v) is 13.6. The van der Waals surface area contributed by atoms with Crippen LogP contribution in [0.15, 0.2) is 45.3 Å². The highest BCUT2D eigenvalue weighted by Gasteiger charge is 2.23. The molecule has 108 valence electrons. The van der Waals surface area contributed by atoms with E-state index in [0.717, 1.165) is 21.6 Å². The molecule has 20 heavy (non-hydrogen) atoms. The van der Waals surface area contributed by atoms with Crippen molar-refractivity contribution >= 4 is 15.9 Å². The van der Waals surface area contributed by atoms with Gasteiger partial charge in [-0.15, -0.1) is 0 Å². The molecule has 0 saturated heterocycles. The minimum Gasteiger partial charge on any atom is -0.460 e. The van der Waals surface area contributed by atoms with Crippen LogP contribution in [-0.2, 0) is 6.54 Å². The largest absolute Gasteiger partial charge is 0.460 e. The van der Waals surface area contributed by atoms with E-state index >= 15 is 0 Å². The summed E-state index contributed by atoms with van der Waals surface area (Å²) in [5.74, 6) is 1.76. The monoisotopic (exact) mass is 337 g/mol. The van der Waals surface area contributed by atoms with Gasteiger partial charge in [-0.25, -0.2) is 0 Å². The summed E-state index contributed by atoms with van der Waals surface area (Å²) in [7, 11) is 1.98. The fourth-order valence-electron chi connectivity index (χ4n) is 1.80. The maximum atomic E-state index is 9.37. The number of furan rings is 1. The van der Waals surface area contributed by atoms with Crippen LogP contribution in [0.2, 0.25) is 0 Å². The second kappa shape index (κ2) is 6.12. The molecule has 0 unspecified atom stereocenters. The zero-order valence-electron chi connectivity index (χ0n) is 12.1. The first-order valence-corrected chi connectivity index (χ1v) is 7.38. The molecule has 4 heteroatoms. The fraction of sp³-hybridized carbons (Fsp3) is 0.375. The van der Waals surface area contributed by atoms with Crippen LogP contribution in [0.4, 0.5) is 0 Å². The molecule has 0 aliphatic carbocycles. The molecular weight excluding hydrogens is 318 g/mol. The maximum absolute atomic E-state index is 9.37. The van der Waals surface area contributed by atoms with Gasteiger partial charge in [0.15, 0.2) is 0 Å². The van der Waals surface area contributed by atoms with Gasteiger partial charge in [-0.3, -0.25) is 4.90 Å². The predicted octanol–water partition coefficient (Wildman–Crippen LogP) is 3.91. The highest BCUT2D eigenvalue weighted by atomic mass is 79.9. The van der Waals surface area contributed by atoms with Gasteiger partial charge >= 0.3 is 0 Å². The van der Waals surface area contributed by atoms with Crippen LogP contribution in [-0.4, -0.2) is 29.2 Å². The van der Waals surface area contributed by atoms with Gasteiger partial charge in [0, 0.05) is 15.6 Å². The van der Waals surface area contributed by atoms with Crippen LogP contribution in [0.3, 0.4) is 0 Å². The van der Waals surface area contributed by atoms with E-state index in [1.165, 1.54) is 0 Å². The molecule has 0 radical (unpaired) electrons. The summed E-state index contributed by atoms with van der Waals surface area (Å²) in [6.45, 7) is 4.80. The van der Waals surface area contributed by atoms with Crippen LogP contribution in [0, 0.1) is 0 Å². The smallest absolute Gasteiger partial charge is 0.134 e. The van der Waals surface area contributed by atoms with Gasteiger partial charge in [-0.2, -0.15) is 0 Å². The van der Waals surface area contributed by atoms with Crippen LogP contribution in [0.5, 0.6) is 0 Å². The van der Waals surface area contributed by atoms with Crippen molar-refractivity contribution in [3.8, 4) is 11.3 Å². The highest BCUT2D eigenvalue weighted by molar-refractivity contribution is 9.10. The van der Waals surface area contributed by atoms with E-state index in [2.05, 4.69) is 20.8 Å². The van der Waals surface area contributed by atoms with Crippen molar-refractivity contribution in [2.75, 3.05) is 13.7 Å². The minimum atomic E-state index is -0.259. The Morgan fingerprint density at radius 3 is 2.40 bits per heavy atom. The van der Waals surface area contributed by atoms with Crippen molar-refractivity contribution in [2.45, 2.75) is 25.9 Å². The third-order valence-corrected chi connectivity index (χ3v) is 4.13. The maximum Gasteiger partial charge on any atom is 0.134 e. The number of aliphatic hydroxyl groups excluding tert-OH is 1. The first kappa shape index (κ1) is 15.3. The number of hydrogen-bond acceptors (Lipinski definition) is 3. The molecule has 0 bridgehead atoms. The molecule has 0 aliphatic rings. The van der Waals surface area contributed by atoms with Crippen LogP contribution < -0.4 is 0 Å². The number of rotatable bonds is 5. The van der Waals surface area contributed by atoms with Crippen molar-refractivity contribution < 1.29 is 9.52 Å². The Morgan fingerprint density at radius 2 is 1.80 bits per heavy atom. The summed E-state index contributed by atoms with van der Waals surface area (Å²) in [6.07, 6.45) is 0. The van der Waals surface area contributed by atoms with Crippen molar-refractivity contribution in [1.82, 2.24) is 4.90 Å². The van der Waals surface area contributed by atoms with Gasteiger partial charge in [0.25, 0.3) is 0 Å². The molecule has 0 aliphatic heterocycles. The molecule has 2 rings (SSSR count). The lowest BCUT2D eigenvalue weighted by Gasteiger charge is -2.33. The molecule has 0 fully saturated rings. The zero-order chi connectivity index (χ0) is 14.8. The third-order valence-electron chi connectivity index (χ3n) is 3.60. The summed E-state index contributed by atoms with van der Waals surface area (Å²) in [4.78, 5) is 2.08. The van der Waals surface area contributed by atoms with E-state index in [4.69, 9.17) is 4.42 Å². The van der Waals surface area contributed by atoms with Crippen LogP contribution in [0.1, 0.15) is 19.6 Å². The summed E-state index contributed by atoms with van der Waals surface area (Å²) < 4.78 is 6.93. The first-order valence-electron chi connectivity index (χ1n) is 6.59. The normalized spacial score (nSPS) is 12.1. The van der Waals surface area contributed by atoms with Crippen LogP contribution in [0.25, 0.3) is 11.3 Å². The van der Waals surface area contributed by atoms with Gasteiger partial charge in [-0.1, -0.05) is 28.1 Å². The average molecular weight is 338 g/mol. The van der Waals surface area contributed by atoms with Crippen LogP contribution >= 0.6 is 15.9 Å². The summed E-state index contributed by atoms with van der Waals surface area (Å²) >= 11 is 3.42. The van der Waals surface area contributed by atoms with Crippen molar-refractivity contribution in [3.05, 3.63) is 46.6 Å². The number of nitrogens with zero attached hydrogens (tertiary/aromatic N) is 1. The Hall–Kier alpha value is -1.10.